The Morgan fingerprint density at radius 1 is 1.33 bits per heavy atom. The van der Waals surface area contributed by atoms with Crippen LogP contribution in [-0.4, -0.2) is 25.8 Å². The summed E-state index contributed by atoms with van der Waals surface area (Å²) in [6.07, 6.45) is 1.13. The van der Waals surface area contributed by atoms with Crippen molar-refractivity contribution in [2.45, 2.75) is 32.4 Å². The number of aryl methyl sites for hydroxylation is 1. The standard InChI is InChI=1S/C19H17ClN4O2S/c1-9-22-23-15-8-21-17(11-4-2-3-5-13(11)20)16-12-6-10(19(25)26)7-14(12)27-18(16)24(9)15/h2-5,10,17,21H,6-8H2,1H3,(H,25,26)/t10-,17+/m0/s1. The van der Waals surface area contributed by atoms with Gasteiger partial charge in [0, 0.05) is 15.5 Å². The molecule has 0 fully saturated rings. The molecule has 0 saturated carbocycles. The Hall–Kier alpha value is -2.22. The van der Waals surface area contributed by atoms with E-state index in [1.54, 1.807) is 11.3 Å². The second-order valence-electron chi connectivity index (χ2n) is 7.00. The van der Waals surface area contributed by atoms with Crippen molar-refractivity contribution < 1.29 is 9.90 Å². The summed E-state index contributed by atoms with van der Waals surface area (Å²) in [4.78, 5) is 12.7. The molecule has 6 nitrogen and oxygen atoms in total. The fourth-order valence-corrected chi connectivity index (χ4v) is 5.90. The van der Waals surface area contributed by atoms with E-state index in [0.717, 1.165) is 38.2 Å². The average molecular weight is 401 g/mol. The van der Waals surface area contributed by atoms with Gasteiger partial charge < -0.3 is 5.11 Å². The summed E-state index contributed by atoms with van der Waals surface area (Å²) in [6, 6.07) is 7.70. The Morgan fingerprint density at radius 3 is 2.93 bits per heavy atom. The van der Waals surface area contributed by atoms with E-state index in [-0.39, 0.29) is 12.0 Å². The number of carbonyl (C=O) groups is 1. The molecule has 0 bridgehead atoms. The van der Waals surface area contributed by atoms with E-state index in [1.165, 1.54) is 0 Å². The molecule has 3 heterocycles. The van der Waals surface area contributed by atoms with Gasteiger partial charge in [0.05, 0.1) is 18.5 Å². The van der Waals surface area contributed by atoms with Gasteiger partial charge in [0.1, 0.15) is 10.8 Å². The molecule has 138 valence electrons. The maximum Gasteiger partial charge on any atom is 0.307 e. The predicted octanol–water partition coefficient (Wildman–Crippen LogP) is 3.28. The highest BCUT2D eigenvalue weighted by molar-refractivity contribution is 7.15. The van der Waals surface area contributed by atoms with Gasteiger partial charge in [-0.1, -0.05) is 29.8 Å². The average Bonchev–Trinajstić information content (AvgIpc) is 3.27. The molecule has 1 aliphatic carbocycles. The highest BCUT2D eigenvalue weighted by Crippen LogP contribution is 2.46. The molecule has 27 heavy (non-hydrogen) atoms. The largest absolute Gasteiger partial charge is 0.481 e. The molecule has 2 atom stereocenters. The molecular weight excluding hydrogens is 384 g/mol. The molecule has 2 N–H and O–H groups in total. The second kappa shape index (κ2) is 6.15. The molecular formula is C19H17ClN4O2S. The van der Waals surface area contributed by atoms with Crippen LogP contribution in [0.2, 0.25) is 5.02 Å². The Kier molecular flexibility index (Phi) is 3.86. The fourth-order valence-electron chi connectivity index (χ4n) is 4.14. The zero-order chi connectivity index (χ0) is 18.7. The Labute approximate surface area is 164 Å². The van der Waals surface area contributed by atoms with Gasteiger partial charge in [0.25, 0.3) is 0 Å². The van der Waals surface area contributed by atoms with Crippen molar-refractivity contribution in [3.8, 4) is 5.00 Å². The smallest absolute Gasteiger partial charge is 0.307 e. The number of hydrogen-bond acceptors (Lipinski definition) is 5. The maximum absolute atomic E-state index is 11.6. The van der Waals surface area contributed by atoms with Crippen LogP contribution in [0.15, 0.2) is 24.3 Å². The van der Waals surface area contributed by atoms with E-state index in [4.69, 9.17) is 11.6 Å². The molecule has 3 aromatic rings. The Balaban J connectivity index is 1.74. The van der Waals surface area contributed by atoms with Crippen LogP contribution in [0.4, 0.5) is 0 Å². The lowest BCUT2D eigenvalue weighted by Crippen LogP contribution is -2.22. The second-order valence-corrected chi connectivity index (χ2v) is 8.49. The van der Waals surface area contributed by atoms with E-state index in [9.17, 15) is 9.90 Å². The van der Waals surface area contributed by atoms with Crippen molar-refractivity contribution in [1.82, 2.24) is 20.1 Å². The molecule has 0 spiro atoms. The van der Waals surface area contributed by atoms with Gasteiger partial charge >= 0.3 is 5.97 Å². The first-order chi connectivity index (χ1) is 13.0. The van der Waals surface area contributed by atoms with E-state index in [0.29, 0.717) is 24.4 Å². The summed E-state index contributed by atoms with van der Waals surface area (Å²) >= 11 is 8.19. The van der Waals surface area contributed by atoms with Crippen LogP contribution < -0.4 is 5.32 Å². The lowest BCUT2D eigenvalue weighted by Gasteiger charge is -2.20. The first kappa shape index (κ1) is 16.9. The number of rotatable bonds is 2. The summed E-state index contributed by atoms with van der Waals surface area (Å²) < 4.78 is 2.10. The van der Waals surface area contributed by atoms with Crippen molar-refractivity contribution in [2.24, 2.45) is 5.92 Å². The number of aromatic nitrogens is 3. The minimum Gasteiger partial charge on any atom is -0.481 e. The zero-order valence-electron chi connectivity index (χ0n) is 14.6. The minimum absolute atomic E-state index is 0.109. The van der Waals surface area contributed by atoms with Gasteiger partial charge in [-0.05, 0) is 37.0 Å². The number of nitrogens with one attached hydrogen (secondary N) is 1. The third-order valence-corrected chi connectivity index (χ3v) is 7.01. The first-order valence-electron chi connectivity index (χ1n) is 8.81. The fraction of sp³-hybridized carbons (Fsp3) is 0.316. The molecule has 1 aromatic carbocycles. The van der Waals surface area contributed by atoms with Gasteiger partial charge in [-0.25, -0.2) is 0 Å². The van der Waals surface area contributed by atoms with E-state index >= 15 is 0 Å². The number of thiophene rings is 1. The van der Waals surface area contributed by atoms with Crippen molar-refractivity contribution >= 4 is 28.9 Å². The molecule has 8 heteroatoms. The highest BCUT2D eigenvalue weighted by atomic mass is 35.5. The number of carboxylic acid groups (broad SMARTS) is 1. The van der Waals surface area contributed by atoms with Crippen molar-refractivity contribution in [2.75, 3.05) is 0 Å². The highest BCUT2D eigenvalue weighted by Gasteiger charge is 2.38. The molecule has 5 rings (SSSR count). The van der Waals surface area contributed by atoms with Crippen LogP contribution in [0.1, 0.15) is 39.3 Å². The number of nitrogens with zero attached hydrogens (tertiary/aromatic N) is 3. The van der Waals surface area contributed by atoms with Crippen molar-refractivity contribution in [3.05, 3.63) is 62.5 Å². The maximum atomic E-state index is 11.6. The number of carboxylic acids is 1. The number of hydrogen-bond donors (Lipinski definition) is 2. The third-order valence-electron chi connectivity index (χ3n) is 5.41. The summed E-state index contributed by atoms with van der Waals surface area (Å²) in [6.45, 7) is 2.51. The first-order valence-corrected chi connectivity index (χ1v) is 10.0. The van der Waals surface area contributed by atoms with Gasteiger partial charge in [-0.2, -0.15) is 0 Å². The summed E-state index contributed by atoms with van der Waals surface area (Å²) in [7, 11) is 0. The summed E-state index contributed by atoms with van der Waals surface area (Å²) in [5.41, 5.74) is 3.26. The molecule has 0 saturated heterocycles. The summed E-state index contributed by atoms with van der Waals surface area (Å²) in [5, 5.41) is 23.4. The number of benzene rings is 1. The van der Waals surface area contributed by atoms with Crippen LogP contribution in [0.25, 0.3) is 5.00 Å². The normalized spacial score (nSPS) is 20.7. The van der Waals surface area contributed by atoms with E-state index in [1.807, 2.05) is 31.2 Å². The number of aliphatic carboxylic acids is 1. The molecule has 2 aliphatic rings. The van der Waals surface area contributed by atoms with Gasteiger partial charge in [0.2, 0.25) is 0 Å². The number of fused-ring (bicyclic) bond motifs is 5. The van der Waals surface area contributed by atoms with Crippen LogP contribution in [0.5, 0.6) is 0 Å². The molecule has 0 amide bonds. The van der Waals surface area contributed by atoms with Gasteiger partial charge in [0.15, 0.2) is 5.82 Å². The Morgan fingerprint density at radius 2 is 2.15 bits per heavy atom. The van der Waals surface area contributed by atoms with Gasteiger partial charge in [-0.3, -0.25) is 14.7 Å². The van der Waals surface area contributed by atoms with Crippen LogP contribution in [-0.2, 0) is 24.2 Å². The lowest BCUT2D eigenvalue weighted by atomic mass is 9.95. The number of halogens is 1. The Bertz CT molecular complexity index is 1070. The van der Waals surface area contributed by atoms with Crippen molar-refractivity contribution in [3.63, 3.8) is 0 Å². The van der Waals surface area contributed by atoms with Crippen molar-refractivity contribution in [1.29, 1.82) is 0 Å². The summed E-state index contributed by atoms with van der Waals surface area (Å²) in [5.74, 6) is 0.609. The van der Waals surface area contributed by atoms with E-state index in [2.05, 4.69) is 20.1 Å². The van der Waals surface area contributed by atoms with E-state index < -0.39 is 5.97 Å². The van der Waals surface area contributed by atoms with Crippen LogP contribution >= 0.6 is 22.9 Å². The monoisotopic (exact) mass is 400 g/mol. The molecule has 1 aliphatic heterocycles. The topological polar surface area (TPSA) is 80.0 Å². The quantitative estimate of drug-likeness (QED) is 0.690. The molecule has 0 radical (unpaired) electrons. The molecule has 2 aromatic heterocycles. The minimum atomic E-state index is -0.732. The predicted molar refractivity (Wildman–Crippen MR) is 103 cm³/mol. The van der Waals surface area contributed by atoms with Crippen LogP contribution in [0.3, 0.4) is 0 Å². The van der Waals surface area contributed by atoms with Gasteiger partial charge in [-0.15, -0.1) is 21.5 Å². The van der Waals surface area contributed by atoms with Crippen LogP contribution in [0, 0.1) is 12.8 Å². The SMILES string of the molecule is Cc1nnc2n1-c1sc3c(c1[C@@H](c1ccccc1Cl)NC2)C[C@H](C(=O)O)C3. The molecule has 0 unspecified atom stereocenters. The third kappa shape index (κ3) is 2.53. The zero-order valence-corrected chi connectivity index (χ0v) is 16.1. The lowest BCUT2D eigenvalue weighted by molar-refractivity contribution is -0.141.